The van der Waals surface area contributed by atoms with Gasteiger partial charge in [-0.05, 0) is 11.0 Å². The van der Waals surface area contributed by atoms with E-state index >= 15 is 0 Å². The molecule has 0 amide bonds. The van der Waals surface area contributed by atoms with Crippen LogP contribution in [-0.2, 0) is 38.8 Å². The van der Waals surface area contributed by atoms with Crippen LogP contribution in [0.25, 0.3) is 0 Å². The van der Waals surface area contributed by atoms with E-state index in [1.54, 1.807) is 0 Å². The Morgan fingerprint density at radius 1 is 1.00 bits per heavy atom. The first-order valence-corrected chi connectivity index (χ1v) is 0. The van der Waals surface area contributed by atoms with Crippen molar-refractivity contribution in [3.8, 4) is 0 Å². The first-order chi connectivity index (χ1) is 0. The number of hydrogen-bond donors (Lipinski definition) is 0. The van der Waals surface area contributed by atoms with Crippen LogP contribution in [-0.4, -0.2) is 28.3 Å². The zero-order valence-corrected chi connectivity index (χ0v) is 3.62. The molecule has 0 aliphatic carbocycles. The molecule has 0 aromatic heterocycles. The van der Waals surface area contributed by atoms with Crippen LogP contribution in [0.15, 0.2) is 0 Å². The van der Waals surface area contributed by atoms with E-state index in [-0.39, 0.29) is 67.1 Å². The van der Waals surface area contributed by atoms with E-state index in [0.29, 0.717) is 0 Å². The fourth-order valence-corrected chi connectivity index (χ4v) is 0. The molecule has 0 aliphatic rings. The van der Waals surface area contributed by atoms with E-state index < -0.39 is 0 Å². The van der Waals surface area contributed by atoms with Crippen molar-refractivity contribution in [3.05, 3.63) is 0 Å². The third kappa shape index (κ3) is 9.01. The molecule has 0 heterocycles. The zero-order valence-electron chi connectivity index (χ0n) is 0.878. The Kier molecular flexibility index (Phi) is 190. The summed E-state index contributed by atoms with van der Waals surface area (Å²) in [4.78, 5) is 0. The van der Waals surface area contributed by atoms with Crippen LogP contribution in [0.3, 0.4) is 0 Å². The molecule has 1 radical (unpaired) electrons. The fraction of sp³-hybridized carbons (Fsp3) is 0. The summed E-state index contributed by atoms with van der Waals surface area (Å²) in [6.45, 7) is 0. The zero-order chi connectivity index (χ0) is 0. The van der Waals surface area contributed by atoms with Crippen LogP contribution < -0.4 is 0 Å². The third-order valence-corrected chi connectivity index (χ3v) is 0. The van der Waals surface area contributed by atoms with E-state index in [0.717, 1.165) is 0 Å². The van der Waals surface area contributed by atoms with Gasteiger partial charge in [0, 0.05) is 38.8 Å². The molecular weight excluding hydrogens is 158 g/mol. The van der Waals surface area contributed by atoms with Crippen LogP contribution >= 0.6 is 0 Å². The monoisotopic (exact) mass is 165 g/mol. The van der Waals surface area contributed by atoms with Gasteiger partial charge in [-0.25, -0.2) is 0 Å². The summed E-state index contributed by atoms with van der Waals surface area (Å²) in [5.74, 6) is 0. The van der Waals surface area contributed by atoms with Crippen molar-refractivity contribution in [2.24, 2.45) is 0 Å². The van der Waals surface area contributed by atoms with Crippen LogP contribution in [0.4, 0.5) is 0 Å². The van der Waals surface area contributed by atoms with Gasteiger partial charge in [0.15, 0.2) is 17.4 Å². The number of rotatable bonds is 0. The van der Waals surface area contributed by atoms with Crippen LogP contribution in [0.1, 0.15) is 0 Å². The predicted octanol–water partition coefficient (Wildman–Crippen LogP) is -2.64. The van der Waals surface area contributed by atoms with Gasteiger partial charge in [-0.15, -0.1) is 0 Å². The van der Waals surface area contributed by atoms with Crippen molar-refractivity contribution in [2.75, 3.05) is 0 Å². The second-order valence-corrected chi connectivity index (χ2v) is 0. The van der Waals surface area contributed by atoms with Crippen LogP contribution in [0, 0.1) is 0 Å². The summed E-state index contributed by atoms with van der Waals surface area (Å²) < 4.78 is 0. The molecule has 0 aliphatic heterocycles. The van der Waals surface area contributed by atoms with Gasteiger partial charge in [0.2, 0.25) is 0 Å². The molecular formula is H7AlMnSiTi. The smallest absolute Gasteiger partial charge is 0.0149 e. The molecule has 0 spiro atoms. The van der Waals surface area contributed by atoms with Gasteiger partial charge in [-0.1, -0.05) is 0 Å². The standard InChI is InChI=1S/Al.Mn.H4Si.Ti.3H/h;;1H4;;;;. The average molecular weight is 165 g/mol. The molecule has 0 nitrogen and oxygen atoms in total. The van der Waals surface area contributed by atoms with E-state index in [4.69, 9.17) is 0 Å². The molecule has 0 bridgehead atoms. The van der Waals surface area contributed by atoms with Crippen molar-refractivity contribution in [2.45, 2.75) is 0 Å². The Bertz CT molecular complexity index is 8.00. The van der Waals surface area contributed by atoms with Gasteiger partial charge >= 0.3 is 0 Å². The molecule has 25 valence electrons. The van der Waals surface area contributed by atoms with Gasteiger partial charge in [-0.2, -0.15) is 0 Å². The first kappa shape index (κ1) is 37.8. The summed E-state index contributed by atoms with van der Waals surface area (Å²) in [5, 5.41) is 0. The summed E-state index contributed by atoms with van der Waals surface area (Å²) >= 11 is 0. The molecule has 0 rings (SSSR count). The average Bonchev–Trinajstić information content (AvgIpc) is 0. The van der Waals surface area contributed by atoms with Crippen LogP contribution in [0.2, 0.25) is 0 Å². The van der Waals surface area contributed by atoms with Crippen molar-refractivity contribution >= 4 is 28.3 Å². The van der Waals surface area contributed by atoms with E-state index in [2.05, 4.69) is 0 Å². The van der Waals surface area contributed by atoms with Crippen molar-refractivity contribution in [1.82, 2.24) is 0 Å². The third-order valence-electron chi connectivity index (χ3n) is 0. The normalized spacial score (nSPS) is 0. The summed E-state index contributed by atoms with van der Waals surface area (Å²) in [7, 11) is 0. The molecule has 0 saturated heterocycles. The molecule has 4 heavy (non-hydrogen) atoms. The minimum atomic E-state index is 0. The quantitative estimate of drug-likeness (QED) is 0.344. The van der Waals surface area contributed by atoms with Gasteiger partial charge in [-0.3, -0.25) is 0 Å². The summed E-state index contributed by atoms with van der Waals surface area (Å²) in [6, 6.07) is 0. The predicted molar refractivity (Wildman–Crippen MR) is 21.3 cm³/mol. The minimum Gasteiger partial charge on any atom is -0.0149 e. The van der Waals surface area contributed by atoms with Crippen LogP contribution in [0.5, 0.6) is 0 Å². The van der Waals surface area contributed by atoms with Crippen molar-refractivity contribution in [3.63, 3.8) is 0 Å². The van der Waals surface area contributed by atoms with E-state index in [1.165, 1.54) is 0 Å². The SMILES string of the molecule is [AlH3].[Mn].[SiH4].[Ti]. The Balaban J connectivity index is 0. The second-order valence-electron chi connectivity index (χ2n) is 0. The maximum atomic E-state index is 0. The van der Waals surface area contributed by atoms with Crippen molar-refractivity contribution in [1.29, 1.82) is 0 Å². The summed E-state index contributed by atoms with van der Waals surface area (Å²) in [6.07, 6.45) is 0. The molecule has 0 unspecified atom stereocenters. The van der Waals surface area contributed by atoms with Gasteiger partial charge in [0.05, 0.1) is 0 Å². The minimum absolute atomic E-state index is 0. The molecule has 0 aromatic carbocycles. The molecule has 0 aromatic rings. The Hall–Kier alpha value is 1.98. The Labute approximate surface area is 66.6 Å². The number of hydrogen-bond acceptors (Lipinski definition) is 0. The maximum Gasteiger partial charge on any atom is 0.187 e. The van der Waals surface area contributed by atoms with E-state index in [1.807, 2.05) is 0 Å². The van der Waals surface area contributed by atoms with Gasteiger partial charge in [0.1, 0.15) is 0 Å². The molecule has 0 N–H and O–H groups in total. The van der Waals surface area contributed by atoms with Gasteiger partial charge in [0.25, 0.3) is 0 Å². The maximum absolute atomic E-state index is 0. The Morgan fingerprint density at radius 2 is 1.00 bits per heavy atom. The Morgan fingerprint density at radius 3 is 1.00 bits per heavy atom. The fourth-order valence-electron chi connectivity index (χ4n) is 0. The largest absolute Gasteiger partial charge is 0.187 e. The topological polar surface area (TPSA) is 0 Å². The molecule has 4 heteroatoms. The first-order valence-electron chi connectivity index (χ1n) is 0. The molecule has 0 atom stereocenters. The van der Waals surface area contributed by atoms with Crippen molar-refractivity contribution < 1.29 is 38.8 Å². The summed E-state index contributed by atoms with van der Waals surface area (Å²) in [5.41, 5.74) is 0. The molecule has 0 fully saturated rings. The van der Waals surface area contributed by atoms with Gasteiger partial charge < -0.3 is 0 Å². The molecule has 0 saturated carbocycles. The van der Waals surface area contributed by atoms with E-state index in [9.17, 15) is 0 Å². The second kappa shape index (κ2) is 20.1.